The SMILES string of the molecule is CCCn1ncc(Br)c1C1(O)CCN2CCCC21. The Bertz CT molecular complexity index is 447. The van der Waals surface area contributed by atoms with E-state index >= 15 is 0 Å². The first kappa shape index (κ1) is 12.6. The van der Waals surface area contributed by atoms with Gasteiger partial charge in [0.2, 0.25) is 0 Å². The highest BCUT2D eigenvalue weighted by molar-refractivity contribution is 9.10. The highest BCUT2D eigenvalue weighted by Gasteiger charge is 2.51. The predicted molar refractivity (Wildman–Crippen MR) is 73.3 cm³/mol. The van der Waals surface area contributed by atoms with Crippen molar-refractivity contribution in [2.45, 2.75) is 50.8 Å². The number of aliphatic hydroxyl groups is 1. The molecule has 2 saturated heterocycles. The number of nitrogens with zero attached hydrogens (tertiary/aromatic N) is 3. The Morgan fingerprint density at radius 1 is 1.56 bits per heavy atom. The van der Waals surface area contributed by atoms with Crippen molar-refractivity contribution in [1.29, 1.82) is 0 Å². The second kappa shape index (κ2) is 4.62. The highest BCUT2D eigenvalue weighted by Crippen LogP contribution is 2.45. The van der Waals surface area contributed by atoms with Gasteiger partial charge in [0.05, 0.1) is 16.4 Å². The molecule has 1 aromatic rings. The normalized spacial score (nSPS) is 32.1. The molecule has 0 bridgehead atoms. The third kappa shape index (κ3) is 1.75. The lowest BCUT2D eigenvalue weighted by Gasteiger charge is -2.31. The van der Waals surface area contributed by atoms with E-state index in [0.29, 0.717) is 0 Å². The molecular weight excluding hydrogens is 294 g/mol. The quantitative estimate of drug-likeness (QED) is 0.929. The molecule has 100 valence electrons. The predicted octanol–water partition coefficient (Wildman–Crippen LogP) is 2.11. The van der Waals surface area contributed by atoms with Crippen LogP contribution >= 0.6 is 15.9 Å². The lowest BCUT2D eigenvalue weighted by molar-refractivity contribution is 0.000401. The third-order valence-electron chi connectivity index (χ3n) is 4.34. The molecule has 2 aliphatic heterocycles. The van der Waals surface area contributed by atoms with Gasteiger partial charge in [0.15, 0.2) is 0 Å². The van der Waals surface area contributed by atoms with E-state index in [-0.39, 0.29) is 6.04 Å². The largest absolute Gasteiger partial charge is 0.382 e. The van der Waals surface area contributed by atoms with Crippen molar-refractivity contribution in [2.75, 3.05) is 13.1 Å². The van der Waals surface area contributed by atoms with Gasteiger partial charge in [-0.05, 0) is 48.2 Å². The molecule has 0 radical (unpaired) electrons. The molecular formula is C13H20BrN3O. The van der Waals surface area contributed by atoms with Crippen LogP contribution in [0.3, 0.4) is 0 Å². The van der Waals surface area contributed by atoms with Crippen molar-refractivity contribution < 1.29 is 5.11 Å². The van der Waals surface area contributed by atoms with E-state index in [1.54, 1.807) is 0 Å². The van der Waals surface area contributed by atoms with Crippen LogP contribution in [0.15, 0.2) is 10.7 Å². The molecule has 1 N–H and O–H groups in total. The van der Waals surface area contributed by atoms with Gasteiger partial charge >= 0.3 is 0 Å². The summed E-state index contributed by atoms with van der Waals surface area (Å²) in [6, 6.07) is 0.279. The Labute approximate surface area is 116 Å². The van der Waals surface area contributed by atoms with Gasteiger partial charge in [-0.3, -0.25) is 9.58 Å². The van der Waals surface area contributed by atoms with Crippen molar-refractivity contribution in [1.82, 2.24) is 14.7 Å². The van der Waals surface area contributed by atoms with Gasteiger partial charge in [-0.25, -0.2) is 0 Å². The molecule has 0 aromatic carbocycles. The van der Waals surface area contributed by atoms with E-state index < -0.39 is 5.60 Å². The van der Waals surface area contributed by atoms with Crippen molar-refractivity contribution in [3.05, 3.63) is 16.4 Å². The van der Waals surface area contributed by atoms with Gasteiger partial charge in [-0.2, -0.15) is 5.10 Å². The molecule has 2 atom stereocenters. The van der Waals surface area contributed by atoms with Crippen LogP contribution < -0.4 is 0 Å². The molecule has 3 heterocycles. The van der Waals surface area contributed by atoms with E-state index in [1.807, 2.05) is 10.9 Å². The van der Waals surface area contributed by atoms with Crippen molar-refractivity contribution in [2.24, 2.45) is 0 Å². The number of rotatable bonds is 3. The smallest absolute Gasteiger partial charge is 0.124 e. The Kier molecular flexibility index (Phi) is 3.24. The Morgan fingerprint density at radius 3 is 3.17 bits per heavy atom. The lowest BCUT2D eigenvalue weighted by Crippen LogP contribution is -2.40. The van der Waals surface area contributed by atoms with Crippen LogP contribution in [0, 0.1) is 0 Å². The first-order valence-electron chi connectivity index (χ1n) is 6.85. The second-order valence-corrected chi connectivity index (χ2v) is 6.29. The van der Waals surface area contributed by atoms with Crippen LogP contribution in [0.2, 0.25) is 0 Å². The molecule has 0 aliphatic carbocycles. The van der Waals surface area contributed by atoms with Gasteiger partial charge in [0, 0.05) is 19.1 Å². The van der Waals surface area contributed by atoms with Crippen LogP contribution in [-0.2, 0) is 12.1 Å². The van der Waals surface area contributed by atoms with Crippen LogP contribution in [0.1, 0.15) is 38.3 Å². The fourth-order valence-corrected chi connectivity index (χ4v) is 4.21. The van der Waals surface area contributed by atoms with Crippen molar-refractivity contribution >= 4 is 15.9 Å². The summed E-state index contributed by atoms with van der Waals surface area (Å²) in [7, 11) is 0. The molecule has 0 spiro atoms. The standard InChI is InChI=1S/C13H20BrN3O/c1-2-6-17-12(10(14)9-15-17)13(18)5-8-16-7-3-4-11(13)16/h9,11,18H,2-8H2,1H3. The topological polar surface area (TPSA) is 41.3 Å². The number of fused-ring (bicyclic) bond motifs is 1. The number of hydrogen-bond donors (Lipinski definition) is 1. The molecule has 5 heteroatoms. The first-order valence-corrected chi connectivity index (χ1v) is 7.64. The maximum Gasteiger partial charge on any atom is 0.124 e. The summed E-state index contributed by atoms with van der Waals surface area (Å²) in [5.41, 5.74) is 0.264. The van der Waals surface area contributed by atoms with E-state index in [9.17, 15) is 5.11 Å². The zero-order valence-electron chi connectivity index (χ0n) is 10.8. The molecule has 0 saturated carbocycles. The zero-order valence-corrected chi connectivity index (χ0v) is 12.4. The molecule has 0 amide bonds. The molecule has 4 nitrogen and oxygen atoms in total. The molecule has 2 unspecified atom stereocenters. The lowest BCUT2D eigenvalue weighted by atomic mass is 9.89. The number of hydrogen-bond acceptors (Lipinski definition) is 3. The summed E-state index contributed by atoms with van der Waals surface area (Å²) < 4.78 is 2.93. The molecule has 3 rings (SSSR count). The minimum Gasteiger partial charge on any atom is -0.382 e. The van der Waals surface area contributed by atoms with E-state index in [1.165, 1.54) is 6.42 Å². The Morgan fingerprint density at radius 2 is 2.39 bits per heavy atom. The average molecular weight is 314 g/mol. The van der Waals surface area contributed by atoms with Crippen LogP contribution in [0.5, 0.6) is 0 Å². The maximum atomic E-state index is 11.2. The van der Waals surface area contributed by atoms with E-state index in [2.05, 4.69) is 32.9 Å². The summed E-state index contributed by atoms with van der Waals surface area (Å²) in [6.07, 6.45) is 5.98. The fraction of sp³-hybridized carbons (Fsp3) is 0.769. The molecule has 2 fully saturated rings. The van der Waals surface area contributed by atoms with Crippen LogP contribution in [0.4, 0.5) is 0 Å². The third-order valence-corrected chi connectivity index (χ3v) is 4.92. The molecule has 18 heavy (non-hydrogen) atoms. The molecule has 1 aromatic heterocycles. The average Bonchev–Trinajstić information content (AvgIpc) is 2.99. The number of aryl methyl sites for hydroxylation is 1. The summed E-state index contributed by atoms with van der Waals surface area (Å²) in [4.78, 5) is 2.43. The van der Waals surface area contributed by atoms with Crippen molar-refractivity contribution in [3.8, 4) is 0 Å². The van der Waals surface area contributed by atoms with E-state index in [4.69, 9.17) is 0 Å². The summed E-state index contributed by atoms with van der Waals surface area (Å²) in [5.74, 6) is 0. The van der Waals surface area contributed by atoms with Gasteiger partial charge in [-0.15, -0.1) is 0 Å². The summed E-state index contributed by atoms with van der Waals surface area (Å²) in [6.45, 7) is 5.15. The Balaban J connectivity index is 2.00. The van der Waals surface area contributed by atoms with Crippen molar-refractivity contribution in [3.63, 3.8) is 0 Å². The molecule has 2 aliphatic rings. The minimum absolute atomic E-state index is 0.279. The Hall–Kier alpha value is -0.390. The first-order chi connectivity index (χ1) is 8.66. The van der Waals surface area contributed by atoms with Gasteiger partial charge in [0.25, 0.3) is 0 Å². The van der Waals surface area contributed by atoms with Gasteiger partial charge in [-0.1, -0.05) is 6.92 Å². The van der Waals surface area contributed by atoms with Gasteiger partial charge in [0.1, 0.15) is 5.60 Å². The van der Waals surface area contributed by atoms with Gasteiger partial charge < -0.3 is 5.11 Å². The monoisotopic (exact) mass is 313 g/mol. The van der Waals surface area contributed by atoms with Crippen LogP contribution in [0.25, 0.3) is 0 Å². The maximum absolute atomic E-state index is 11.2. The highest BCUT2D eigenvalue weighted by atomic mass is 79.9. The number of halogens is 1. The summed E-state index contributed by atoms with van der Waals surface area (Å²) in [5, 5.41) is 15.6. The summed E-state index contributed by atoms with van der Waals surface area (Å²) >= 11 is 3.57. The zero-order chi connectivity index (χ0) is 12.8. The fourth-order valence-electron chi connectivity index (χ4n) is 3.57. The number of aromatic nitrogens is 2. The van der Waals surface area contributed by atoms with Crippen LogP contribution in [-0.4, -0.2) is 38.9 Å². The minimum atomic E-state index is -0.721. The van der Waals surface area contributed by atoms with E-state index in [0.717, 1.165) is 49.1 Å². The second-order valence-electron chi connectivity index (χ2n) is 5.43.